The average Bonchev–Trinajstić information content (AvgIpc) is 3.24. The van der Waals surface area contributed by atoms with Crippen molar-refractivity contribution >= 4 is 5.91 Å². The van der Waals surface area contributed by atoms with Crippen molar-refractivity contribution in [3.63, 3.8) is 0 Å². The molecular weight excluding hydrogens is 280 g/mol. The van der Waals surface area contributed by atoms with Crippen LogP contribution in [0.25, 0.3) is 0 Å². The highest BCUT2D eigenvalue weighted by Crippen LogP contribution is 2.33. The lowest BCUT2D eigenvalue weighted by atomic mass is 10.2. The molecule has 1 fully saturated rings. The molecule has 2 aliphatic heterocycles. The first-order chi connectivity index (χ1) is 10.8. The molecule has 0 saturated carbocycles. The minimum Gasteiger partial charge on any atom is -0.327 e. The van der Waals surface area contributed by atoms with E-state index in [9.17, 15) is 4.79 Å². The number of carbonyl (C=O) groups is 1. The molecule has 4 heterocycles. The lowest BCUT2D eigenvalue weighted by Gasteiger charge is -2.24. The number of amides is 1. The predicted octanol–water partition coefficient (Wildman–Crippen LogP) is 1.70. The highest BCUT2D eigenvalue weighted by atomic mass is 16.2. The zero-order valence-corrected chi connectivity index (χ0v) is 12.5. The number of aromatic amines is 1. The van der Waals surface area contributed by atoms with Crippen LogP contribution in [0.1, 0.15) is 60.3 Å². The van der Waals surface area contributed by atoms with E-state index in [-0.39, 0.29) is 11.9 Å². The third kappa shape index (κ3) is 2.20. The second-order valence-corrected chi connectivity index (χ2v) is 6.06. The smallest absolute Gasteiger partial charge is 0.272 e. The molecule has 0 aromatic carbocycles. The van der Waals surface area contributed by atoms with E-state index in [1.54, 1.807) is 12.3 Å². The zero-order chi connectivity index (χ0) is 14.9. The summed E-state index contributed by atoms with van der Waals surface area (Å²) in [5, 5.41) is 15.4. The monoisotopic (exact) mass is 300 g/mol. The largest absolute Gasteiger partial charge is 0.327 e. The molecule has 4 rings (SSSR count). The van der Waals surface area contributed by atoms with Gasteiger partial charge in [-0.2, -0.15) is 5.10 Å². The van der Waals surface area contributed by atoms with Crippen LogP contribution in [0.2, 0.25) is 0 Å². The van der Waals surface area contributed by atoms with Crippen molar-refractivity contribution in [2.45, 2.75) is 51.1 Å². The summed E-state index contributed by atoms with van der Waals surface area (Å²) in [6, 6.07) is 1.76. The van der Waals surface area contributed by atoms with Gasteiger partial charge in [0.1, 0.15) is 11.5 Å². The fourth-order valence-corrected chi connectivity index (χ4v) is 3.56. The average molecular weight is 300 g/mol. The second-order valence-electron chi connectivity index (χ2n) is 6.06. The number of H-pyrrole nitrogens is 1. The van der Waals surface area contributed by atoms with Gasteiger partial charge in [0.05, 0.1) is 6.04 Å². The summed E-state index contributed by atoms with van der Waals surface area (Å²) >= 11 is 0. The molecule has 2 aromatic heterocycles. The van der Waals surface area contributed by atoms with Gasteiger partial charge in [-0.3, -0.25) is 9.89 Å². The molecule has 7 heteroatoms. The van der Waals surface area contributed by atoms with Crippen LogP contribution in [0.5, 0.6) is 0 Å². The summed E-state index contributed by atoms with van der Waals surface area (Å²) < 4.78 is 2.25. The Bertz CT molecular complexity index is 662. The number of hydrogen-bond donors (Lipinski definition) is 1. The van der Waals surface area contributed by atoms with E-state index in [4.69, 9.17) is 0 Å². The Morgan fingerprint density at radius 2 is 2.14 bits per heavy atom. The van der Waals surface area contributed by atoms with E-state index in [0.29, 0.717) is 5.69 Å². The van der Waals surface area contributed by atoms with Crippen LogP contribution in [-0.4, -0.2) is 42.3 Å². The number of nitrogens with one attached hydrogen (secondary N) is 1. The van der Waals surface area contributed by atoms with Crippen LogP contribution in [0.4, 0.5) is 0 Å². The third-order valence-electron chi connectivity index (χ3n) is 4.68. The maximum absolute atomic E-state index is 12.6. The Morgan fingerprint density at radius 1 is 1.18 bits per heavy atom. The first kappa shape index (κ1) is 13.5. The van der Waals surface area contributed by atoms with Crippen LogP contribution in [0.15, 0.2) is 12.3 Å². The number of aryl methyl sites for hydroxylation is 1. The standard InChI is InChI=1S/C15H20N6O/c22-15(11-7-8-16-17-11)20-10-4-5-12(20)14-19-18-13-6-2-1-3-9-21(13)14/h7-8,12H,1-6,9-10H2,(H,16,17). The van der Waals surface area contributed by atoms with E-state index >= 15 is 0 Å². The van der Waals surface area contributed by atoms with E-state index in [1.165, 1.54) is 19.3 Å². The number of aromatic nitrogens is 5. The highest BCUT2D eigenvalue weighted by molar-refractivity contribution is 5.92. The fraction of sp³-hybridized carbons (Fsp3) is 0.600. The number of nitrogens with zero attached hydrogens (tertiary/aromatic N) is 5. The first-order valence-electron chi connectivity index (χ1n) is 8.07. The zero-order valence-electron chi connectivity index (χ0n) is 12.5. The van der Waals surface area contributed by atoms with Crippen molar-refractivity contribution in [2.24, 2.45) is 0 Å². The Balaban J connectivity index is 1.64. The van der Waals surface area contributed by atoms with Crippen molar-refractivity contribution in [3.8, 4) is 0 Å². The maximum Gasteiger partial charge on any atom is 0.272 e. The predicted molar refractivity (Wildman–Crippen MR) is 79.2 cm³/mol. The van der Waals surface area contributed by atoms with Crippen molar-refractivity contribution in [2.75, 3.05) is 6.54 Å². The number of fused-ring (bicyclic) bond motifs is 1. The normalized spacial score (nSPS) is 21.6. The van der Waals surface area contributed by atoms with Gasteiger partial charge in [0.25, 0.3) is 5.91 Å². The van der Waals surface area contributed by atoms with Crippen LogP contribution in [-0.2, 0) is 13.0 Å². The summed E-state index contributed by atoms with van der Waals surface area (Å²) in [6.07, 6.45) is 8.16. The van der Waals surface area contributed by atoms with Gasteiger partial charge in [0.15, 0.2) is 5.82 Å². The van der Waals surface area contributed by atoms with Crippen LogP contribution in [0, 0.1) is 0 Å². The van der Waals surface area contributed by atoms with Gasteiger partial charge < -0.3 is 9.47 Å². The number of carbonyl (C=O) groups excluding carboxylic acids is 1. The molecule has 0 spiro atoms. The van der Waals surface area contributed by atoms with E-state index < -0.39 is 0 Å². The summed E-state index contributed by atoms with van der Waals surface area (Å²) in [5.74, 6) is 2.04. The van der Waals surface area contributed by atoms with E-state index in [2.05, 4.69) is 25.0 Å². The van der Waals surface area contributed by atoms with Gasteiger partial charge in [-0.05, 0) is 31.7 Å². The SMILES string of the molecule is O=C(c1ccn[nH]1)N1CCCC1c1nnc2n1CCCCC2. The minimum atomic E-state index is 0.00553. The molecule has 1 saturated heterocycles. The molecule has 0 bridgehead atoms. The molecule has 1 unspecified atom stereocenters. The second kappa shape index (κ2) is 5.55. The molecule has 2 aromatic rings. The van der Waals surface area contributed by atoms with Crippen molar-refractivity contribution in [1.29, 1.82) is 0 Å². The molecule has 7 nitrogen and oxygen atoms in total. The van der Waals surface area contributed by atoms with Crippen molar-refractivity contribution in [1.82, 2.24) is 29.9 Å². The van der Waals surface area contributed by atoms with Crippen molar-refractivity contribution in [3.05, 3.63) is 29.6 Å². The maximum atomic E-state index is 12.6. The van der Waals surface area contributed by atoms with E-state index in [0.717, 1.165) is 44.0 Å². The highest BCUT2D eigenvalue weighted by Gasteiger charge is 2.35. The molecule has 22 heavy (non-hydrogen) atoms. The molecule has 0 aliphatic carbocycles. The Morgan fingerprint density at radius 3 is 3.00 bits per heavy atom. The van der Waals surface area contributed by atoms with Crippen LogP contribution in [0.3, 0.4) is 0 Å². The third-order valence-corrected chi connectivity index (χ3v) is 4.68. The summed E-state index contributed by atoms with van der Waals surface area (Å²) in [5.41, 5.74) is 0.544. The molecular formula is C15H20N6O. The van der Waals surface area contributed by atoms with Gasteiger partial charge in [0, 0.05) is 25.7 Å². The summed E-state index contributed by atoms with van der Waals surface area (Å²) in [7, 11) is 0. The van der Waals surface area contributed by atoms with Gasteiger partial charge in [0.2, 0.25) is 0 Å². The molecule has 1 N–H and O–H groups in total. The molecule has 0 radical (unpaired) electrons. The fourth-order valence-electron chi connectivity index (χ4n) is 3.56. The number of rotatable bonds is 2. The van der Waals surface area contributed by atoms with Crippen molar-refractivity contribution < 1.29 is 4.79 Å². The molecule has 1 amide bonds. The Kier molecular flexibility index (Phi) is 3.40. The van der Waals surface area contributed by atoms with Crippen LogP contribution < -0.4 is 0 Å². The van der Waals surface area contributed by atoms with Crippen LogP contribution >= 0.6 is 0 Å². The Hall–Kier alpha value is -2.18. The van der Waals surface area contributed by atoms with Gasteiger partial charge in [-0.25, -0.2) is 0 Å². The molecule has 116 valence electrons. The Labute approximate surface area is 128 Å². The topological polar surface area (TPSA) is 79.7 Å². The van der Waals surface area contributed by atoms with Gasteiger partial charge in [-0.1, -0.05) is 6.42 Å². The van der Waals surface area contributed by atoms with Gasteiger partial charge in [-0.15, -0.1) is 10.2 Å². The number of hydrogen-bond acceptors (Lipinski definition) is 4. The van der Waals surface area contributed by atoms with Gasteiger partial charge >= 0.3 is 0 Å². The summed E-state index contributed by atoms with van der Waals surface area (Å²) in [4.78, 5) is 14.6. The first-order valence-corrected chi connectivity index (χ1v) is 8.07. The summed E-state index contributed by atoms with van der Waals surface area (Å²) in [6.45, 7) is 1.74. The molecule has 2 aliphatic rings. The quantitative estimate of drug-likeness (QED) is 0.915. The number of likely N-dealkylation sites (tertiary alicyclic amines) is 1. The van der Waals surface area contributed by atoms with E-state index in [1.807, 2.05) is 4.90 Å². The molecule has 1 atom stereocenters. The lowest BCUT2D eigenvalue weighted by molar-refractivity contribution is 0.0721. The minimum absolute atomic E-state index is 0.00553. The lowest BCUT2D eigenvalue weighted by Crippen LogP contribution is -2.32.